The van der Waals surface area contributed by atoms with E-state index in [0.717, 1.165) is 5.82 Å². The van der Waals surface area contributed by atoms with E-state index in [0.29, 0.717) is 0 Å². The molecule has 8 heteroatoms. The van der Waals surface area contributed by atoms with Crippen molar-refractivity contribution in [2.75, 3.05) is 0 Å². The van der Waals surface area contributed by atoms with E-state index in [1.54, 1.807) is 0 Å². The Hall–Kier alpha value is -1.51. The van der Waals surface area contributed by atoms with Crippen molar-refractivity contribution in [3.63, 3.8) is 0 Å². The molecule has 7 nitrogen and oxygen atoms in total. The smallest absolute Gasteiger partial charge is 0.222 e. The van der Waals surface area contributed by atoms with Crippen LogP contribution in [-0.4, -0.2) is 10.2 Å². The molecule has 2 aromatic heterocycles. The highest BCUT2D eigenvalue weighted by atomic mass is 35.7. The zero-order valence-corrected chi connectivity index (χ0v) is 16.8. The number of pyridine rings is 1. The van der Waals surface area contributed by atoms with Crippen LogP contribution in [0.3, 0.4) is 0 Å². The molecule has 0 atom stereocenters. The first-order valence-corrected chi connectivity index (χ1v) is 10.7. The van der Waals surface area contributed by atoms with E-state index in [2.05, 4.69) is 40.7 Å². The predicted octanol–water partition coefficient (Wildman–Crippen LogP) is -0.623. The average molecular weight is 398 g/mol. The molecule has 2 bridgehead atoms. The first kappa shape index (κ1) is 21.8. The molecule has 3 rings (SSSR count). The molecule has 0 saturated carbocycles. The molecular formula is C19H28ClN3O4. The third kappa shape index (κ3) is 7.20. The Labute approximate surface area is 162 Å². The maximum Gasteiger partial charge on any atom is 0.306 e. The number of aryl methyl sites for hydroxylation is 2. The molecule has 0 spiro atoms. The largest absolute Gasteiger partial charge is 0.306 e. The fourth-order valence-corrected chi connectivity index (χ4v) is 3.71. The molecular weight excluding hydrogens is 370 g/mol. The summed E-state index contributed by atoms with van der Waals surface area (Å²) in [6.45, 7) is 4.50. The van der Waals surface area contributed by atoms with Crippen LogP contribution in [0.4, 0.5) is 0 Å². The van der Waals surface area contributed by atoms with Gasteiger partial charge in [0.15, 0.2) is 0 Å². The predicted molar refractivity (Wildman–Crippen MR) is 89.3 cm³/mol. The third-order valence-corrected chi connectivity index (χ3v) is 5.07. The summed E-state index contributed by atoms with van der Waals surface area (Å²) in [6.07, 6.45) is 13.8. The second kappa shape index (κ2) is 10.1. The van der Waals surface area contributed by atoms with Crippen LogP contribution in [0, 0.1) is 24.1 Å². The first-order chi connectivity index (χ1) is 12.8. The topological polar surface area (TPSA) is 125 Å². The Morgan fingerprint density at radius 2 is 1.30 bits per heavy atom. The van der Waals surface area contributed by atoms with Crippen LogP contribution in [0.15, 0.2) is 18.3 Å². The van der Waals surface area contributed by atoms with E-state index in [-0.39, 0.29) is 0 Å². The van der Waals surface area contributed by atoms with E-state index in [1.165, 1.54) is 80.3 Å². The van der Waals surface area contributed by atoms with Crippen LogP contribution in [0.2, 0.25) is 0 Å². The second-order valence-corrected chi connectivity index (χ2v) is 7.75. The summed E-state index contributed by atoms with van der Waals surface area (Å²) in [6, 6.07) is 4.54. The molecule has 0 aromatic carbocycles. The van der Waals surface area contributed by atoms with Gasteiger partial charge < -0.3 is 0 Å². The highest BCUT2D eigenvalue weighted by Crippen LogP contribution is 2.20. The summed E-state index contributed by atoms with van der Waals surface area (Å²) in [5.41, 5.74) is 5.75. The van der Waals surface area contributed by atoms with Gasteiger partial charge in [-0.1, -0.05) is 37.2 Å². The normalized spacial score (nSPS) is 15.9. The highest BCUT2D eigenvalue weighted by molar-refractivity contribution is 5.28. The number of aromatic nitrogens is 3. The van der Waals surface area contributed by atoms with Gasteiger partial charge >= 0.3 is 5.82 Å². The minimum absolute atomic E-state index is 1.09. The minimum Gasteiger partial charge on any atom is -0.222 e. The van der Waals surface area contributed by atoms with Gasteiger partial charge in [-0.25, -0.2) is 18.6 Å². The van der Waals surface area contributed by atoms with Crippen molar-refractivity contribution in [3.8, 4) is 5.82 Å². The van der Waals surface area contributed by atoms with Crippen LogP contribution in [0.25, 0.3) is 5.82 Å². The van der Waals surface area contributed by atoms with Crippen molar-refractivity contribution < 1.29 is 33.4 Å². The lowest BCUT2D eigenvalue weighted by Crippen LogP contribution is -2.68. The van der Waals surface area contributed by atoms with E-state index >= 15 is 0 Å². The van der Waals surface area contributed by atoms with E-state index < -0.39 is 10.2 Å². The molecule has 27 heavy (non-hydrogen) atoms. The molecule has 0 aliphatic heterocycles. The van der Waals surface area contributed by atoms with Gasteiger partial charge in [-0.15, -0.1) is 15.3 Å². The van der Waals surface area contributed by atoms with Crippen LogP contribution < -0.4 is 23.2 Å². The molecule has 0 saturated heterocycles. The molecule has 150 valence electrons. The minimum atomic E-state index is -4.94. The molecule has 0 radical (unpaired) electrons. The summed E-state index contributed by atoms with van der Waals surface area (Å²) in [5.74, 6) is 1.09. The first-order valence-electron chi connectivity index (χ1n) is 9.43. The lowest BCUT2D eigenvalue weighted by Gasteiger charge is -2.17. The zero-order valence-electron chi connectivity index (χ0n) is 16.0. The maximum absolute atomic E-state index is 8.49. The fourth-order valence-electron chi connectivity index (χ4n) is 3.71. The Balaban J connectivity index is 0.000000465. The number of nitrogens with one attached hydrogen (secondary N) is 1. The van der Waals surface area contributed by atoms with Crippen molar-refractivity contribution in [2.45, 2.75) is 71.6 Å². The Morgan fingerprint density at radius 1 is 0.852 bits per heavy atom. The highest BCUT2D eigenvalue weighted by Gasteiger charge is 2.19. The Morgan fingerprint density at radius 3 is 1.70 bits per heavy atom. The second-order valence-electron chi connectivity index (χ2n) is 7.00. The van der Waals surface area contributed by atoms with Crippen LogP contribution >= 0.6 is 0 Å². The number of hydrogen-bond acceptors (Lipinski definition) is 5. The summed E-state index contributed by atoms with van der Waals surface area (Å²) in [7, 11) is -4.94. The fraction of sp³-hybridized carbons (Fsp3) is 0.579. The summed E-state index contributed by atoms with van der Waals surface area (Å²) >= 11 is 0. The van der Waals surface area contributed by atoms with Gasteiger partial charge in [-0.2, -0.15) is 4.57 Å². The lowest BCUT2D eigenvalue weighted by atomic mass is 9.96. The number of hydrogen-bond donors (Lipinski definition) is 1. The van der Waals surface area contributed by atoms with Gasteiger partial charge in [0.2, 0.25) is 0 Å². The quantitative estimate of drug-likeness (QED) is 0.642. The van der Waals surface area contributed by atoms with E-state index in [9.17, 15) is 0 Å². The van der Waals surface area contributed by atoms with E-state index in [4.69, 9.17) is 18.6 Å². The van der Waals surface area contributed by atoms with Crippen molar-refractivity contribution in [1.82, 2.24) is 10.2 Å². The van der Waals surface area contributed by atoms with Gasteiger partial charge in [0.1, 0.15) is 11.4 Å². The van der Waals surface area contributed by atoms with E-state index in [1.807, 2.05) is 6.20 Å². The standard InChI is InChI=1S/C19H28N3.ClHO4/c1-15-17-10-8-6-4-3-5-7-9-11-18(14-17)16(2)22(15)19-12-13-20-21-19;2-1(3,4)5/h12-14H,3-11H2,1-2H3,(H,20,21);(H,2,3,4,5)/q+1;/p-1. The van der Waals surface area contributed by atoms with Crippen molar-refractivity contribution in [2.24, 2.45) is 0 Å². The number of rotatable bonds is 1. The number of halogens is 1. The van der Waals surface area contributed by atoms with Crippen molar-refractivity contribution in [3.05, 3.63) is 40.8 Å². The average Bonchev–Trinajstić information content (AvgIpc) is 3.07. The van der Waals surface area contributed by atoms with Crippen LogP contribution in [-0.2, 0) is 12.8 Å². The molecule has 0 fully saturated rings. The Bertz CT molecular complexity index is 674. The van der Waals surface area contributed by atoms with Crippen LogP contribution in [0.1, 0.15) is 67.5 Å². The molecule has 2 heterocycles. The van der Waals surface area contributed by atoms with Crippen molar-refractivity contribution >= 4 is 0 Å². The molecule has 1 aliphatic rings. The lowest BCUT2D eigenvalue weighted by molar-refractivity contribution is -2.00. The molecule has 0 amide bonds. The SMILES string of the molecule is Cc1c2cc(c(C)[n+]1-c1ccn[nH]1)CCCCCCCCC2.[O-][Cl+3]([O-])([O-])[O-]. The van der Waals surface area contributed by atoms with Gasteiger partial charge in [-0.3, -0.25) is 0 Å². The monoisotopic (exact) mass is 397 g/mol. The third-order valence-electron chi connectivity index (χ3n) is 5.07. The number of aromatic amines is 1. The number of nitrogens with zero attached hydrogens (tertiary/aromatic N) is 2. The summed E-state index contributed by atoms with van der Waals surface area (Å²) < 4.78 is 36.3. The molecule has 0 unspecified atom stereocenters. The molecule has 1 N–H and O–H groups in total. The zero-order chi connectivity index (χ0) is 19.9. The van der Waals surface area contributed by atoms with Gasteiger partial charge in [0.05, 0.1) is 12.3 Å². The van der Waals surface area contributed by atoms with Gasteiger partial charge in [0.25, 0.3) is 0 Å². The molecule has 1 aliphatic carbocycles. The summed E-state index contributed by atoms with van der Waals surface area (Å²) in [5, 5.41) is 7.28. The summed E-state index contributed by atoms with van der Waals surface area (Å²) in [4.78, 5) is 0. The molecule has 2 aromatic rings. The Kier molecular flexibility index (Phi) is 8.19. The van der Waals surface area contributed by atoms with Gasteiger partial charge in [0, 0.05) is 0 Å². The van der Waals surface area contributed by atoms with Gasteiger partial charge in [-0.05, 0) is 56.7 Å². The van der Waals surface area contributed by atoms with Crippen LogP contribution in [0.5, 0.6) is 0 Å². The maximum atomic E-state index is 8.49. The number of fused-ring (bicyclic) bond motifs is 2. The van der Waals surface area contributed by atoms with Crippen molar-refractivity contribution in [1.29, 1.82) is 0 Å². The number of H-pyrrole nitrogens is 1.